The molecule has 1 aliphatic rings. The van der Waals surface area contributed by atoms with Crippen LogP contribution < -0.4 is 9.64 Å². The summed E-state index contributed by atoms with van der Waals surface area (Å²) in [7, 11) is 0. The smallest absolute Gasteiger partial charge is 0.311 e. The summed E-state index contributed by atoms with van der Waals surface area (Å²) in [6.45, 7) is 3.58. The molecule has 0 saturated carbocycles. The molecule has 0 aliphatic carbocycles. The third kappa shape index (κ3) is 3.14. The van der Waals surface area contributed by atoms with E-state index >= 15 is 0 Å². The van der Waals surface area contributed by atoms with Crippen LogP contribution in [0.4, 0.5) is 11.4 Å². The zero-order valence-corrected chi connectivity index (χ0v) is 10.9. The van der Waals surface area contributed by atoms with Gasteiger partial charge in [-0.1, -0.05) is 0 Å². The molecule has 1 N–H and O–H groups in total. The molecule has 1 heterocycles. The number of rotatable bonds is 4. The minimum atomic E-state index is -0.445. The highest BCUT2D eigenvalue weighted by Gasteiger charge is 2.21. The zero-order valence-electron chi connectivity index (χ0n) is 10.9. The van der Waals surface area contributed by atoms with Crippen molar-refractivity contribution in [1.29, 1.82) is 0 Å². The van der Waals surface area contributed by atoms with Crippen molar-refractivity contribution >= 4 is 11.4 Å². The largest absolute Gasteiger partial charge is 0.487 e. The van der Waals surface area contributed by atoms with Crippen LogP contribution in [0.1, 0.15) is 19.8 Å². The van der Waals surface area contributed by atoms with E-state index in [0.29, 0.717) is 13.2 Å². The van der Waals surface area contributed by atoms with Gasteiger partial charge in [0.05, 0.1) is 17.6 Å². The normalized spacial score (nSPS) is 19.3. The number of nitro groups is 1. The Kier molecular flexibility index (Phi) is 4.21. The Morgan fingerprint density at radius 1 is 1.58 bits per heavy atom. The first-order valence-corrected chi connectivity index (χ1v) is 6.46. The fraction of sp³-hybridized carbons (Fsp3) is 0.538. The summed E-state index contributed by atoms with van der Waals surface area (Å²) in [5.74, 6) is 0.282. The van der Waals surface area contributed by atoms with Gasteiger partial charge in [0.1, 0.15) is 0 Å². The first-order chi connectivity index (χ1) is 9.11. The Morgan fingerprint density at radius 2 is 2.37 bits per heavy atom. The van der Waals surface area contributed by atoms with E-state index in [0.717, 1.165) is 25.1 Å². The van der Waals surface area contributed by atoms with Gasteiger partial charge in [-0.05, 0) is 25.8 Å². The average molecular weight is 266 g/mol. The Balaban J connectivity index is 2.26. The summed E-state index contributed by atoms with van der Waals surface area (Å²) in [5.41, 5.74) is 0.830. The van der Waals surface area contributed by atoms with Crippen LogP contribution in [-0.4, -0.2) is 35.8 Å². The summed E-state index contributed by atoms with van der Waals surface area (Å²) in [4.78, 5) is 12.5. The van der Waals surface area contributed by atoms with Gasteiger partial charge in [-0.2, -0.15) is 0 Å². The van der Waals surface area contributed by atoms with Gasteiger partial charge >= 0.3 is 5.69 Å². The molecule has 1 fully saturated rings. The SMILES string of the molecule is CCOc1cc(N2CCC[C@H](O)C2)ccc1[N+](=O)[O-]. The van der Waals surface area contributed by atoms with Gasteiger partial charge in [-0.25, -0.2) is 0 Å². The summed E-state index contributed by atoms with van der Waals surface area (Å²) in [6.07, 6.45) is 1.39. The van der Waals surface area contributed by atoms with Crippen molar-refractivity contribution in [2.75, 3.05) is 24.6 Å². The lowest BCUT2D eigenvalue weighted by Crippen LogP contribution is -2.38. The highest BCUT2D eigenvalue weighted by molar-refractivity contribution is 5.59. The average Bonchev–Trinajstić information content (AvgIpc) is 2.39. The van der Waals surface area contributed by atoms with Crippen molar-refractivity contribution in [2.24, 2.45) is 0 Å². The number of hydrogen-bond acceptors (Lipinski definition) is 5. The molecule has 6 heteroatoms. The molecule has 1 aromatic rings. The maximum absolute atomic E-state index is 10.9. The molecule has 19 heavy (non-hydrogen) atoms. The molecule has 0 radical (unpaired) electrons. The van der Waals surface area contributed by atoms with Crippen molar-refractivity contribution in [1.82, 2.24) is 0 Å². The van der Waals surface area contributed by atoms with Gasteiger partial charge in [0.25, 0.3) is 0 Å². The Bertz CT molecular complexity index is 464. The predicted molar refractivity (Wildman–Crippen MR) is 71.7 cm³/mol. The summed E-state index contributed by atoms with van der Waals surface area (Å²) in [6, 6.07) is 4.85. The van der Waals surface area contributed by atoms with Crippen molar-refractivity contribution in [3.63, 3.8) is 0 Å². The van der Waals surface area contributed by atoms with Crippen LogP contribution in [0.25, 0.3) is 0 Å². The van der Waals surface area contributed by atoms with Crippen molar-refractivity contribution in [3.05, 3.63) is 28.3 Å². The fourth-order valence-electron chi connectivity index (χ4n) is 2.31. The van der Waals surface area contributed by atoms with Gasteiger partial charge in [0.15, 0.2) is 5.75 Å². The molecule has 2 rings (SSSR count). The standard InChI is InChI=1S/C13H18N2O4/c1-2-19-13-8-10(5-6-12(13)15(17)18)14-7-3-4-11(16)9-14/h5-6,8,11,16H,2-4,7,9H2,1H3/t11-/m0/s1. The number of nitrogens with zero attached hydrogens (tertiary/aromatic N) is 2. The van der Waals surface area contributed by atoms with Gasteiger partial charge in [0.2, 0.25) is 0 Å². The quantitative estimate of drug-likeness (QED) is 0.666. The van der Waals surface area contributed by atoms with Crippen LogP contribution in [0.2, 0.25) is 0 Å². The first kappa shape index (κ1) is 13.6. The van der Waals surface area contributed by atoms with Gasteiger partial charge in [-0.15, -0.1) is 0 Å². The molecule has 0 unspecified atom stereocenters. The number of aliphatic hydroxyl groups excluding tert-OH is 1. The van der Waals surface area contributed by atoms with Crippen molar-refractivity contribution < 1.29 is 14.8 Å². The number of β-amino-alcohol motifs (C(OH)–C–C–N with tert-alkyl or cyclic N) is 1. The van der Waals surface area contributed by atoms with Crippen LogP contribution >= 0.6 is 0 Å². The van der Waals surface area contributed by atoms with E-state index in [1.54, 1.807) is 19.1 Å². The number of piperidine rings is 1. The third-order valence-electron chi connectivity index (χ3n) is 3.20. The predicted octanol–water partition coefficient (Wildman–Crippen LogP) is 1.95. The molecule has 1 saturated heterocycles. The second kappa shape index (κ2) is 5.88. The van der Waals surface area contributed by atoms with E-state index in [1.165, 1.54) is 6.07 Å². The van der Waals surface area contributed by atoms with E-state index in [4.69, 9.17) is 4.74 Å². The van der Waals surface area contributed by atoms with Crippen LogP contribution in [-0.2, 0) is 0 Å². The number of hydrogen-bond donors (Lipinski definition) is 1. The van der Waals surface area contributed by atoms with Crippen LogP contribution in [0.15, 0.2) is 18.2 Å². The molecule has 1 aromatic carbocycles. The molecular formula is C13H18N2O4. The van der Waals surface area contributed by atoms with E-state index in [2.05, 4.69) is 0 Å². The topological polar surface area (TPSA) is 75.8 Å². The molecule has 0 aromatic heterocycles. The Labute approximate surface area is 111 Å². The molecule has 1 atom stereocenters. The van der Waals surface area contributed by atoms with Gasteiger partial charge in [-0.3, -0.25) is 10.1 Å². The van der Waals surface area contributed by atoms with Crippen molar-refractivity contribution in [2.45, 2.75) is 25.9 Å². The van der Waals surface area contributed by atoms with Crippen LogP contribution in [0.5, 0.6) is 5.75 Å². The molecule has 104 valence electrons. The molecule has 6 nitrogen and oxygen atoms in total. The lowest BCUT2D eigenvalue weighted by molar-refractivity contribution is -0.385. The number of benzene rings is 1. The van der Waals surface area contributed by atoms with Gasteiger partial charge < -0.3 is 14.7 Å². The van der Waals surface area contributed by atoms with Crippen LogP contribution in [0.3, 0.4) is 0 Å². The summed E-state index contributed by atoms with van der Waals surface area (Å²) >= 11 is 0. The second-order valence-corrected chi connectivity index (χ2v) is 4.58. The Hall–Kier alpha value is -1.82. The highest BCUT2D eigenvalue weighted by atomic mass is 16.6. The zero-order chi connectivity index (χ0) is 13.8. The number of ether oxygens (including phenoxy) is 1. The fourth-order valence-corrected chi connectivity index (χ4v) is 2.31. The first-order valence-electron chi connectivity index (χ1n) is 6.46. The minimum absolute atomic E-state index is 0.0249. The van der Waals surface area contributed by atoms with Gasteiger partial charge in [0, 0.05) is 30.9 Å². The van der Waals surface area contributed by atoms with Crippen LogP contribution in [0, 0.1) is 10.1 Å². The highest BCUT2D eigenvalue weighted by Crippen LogP contribution is 2.32. The summed E-state index contributed by atoms with van der Waals surface area (Å²) in [5, 5.41) is 20.6. The van der Waals surface area contributed by atoms with E-state index in [1.807, 2.05) is 4.90 Å². The maximum atomic E-state index is 10.9. The van der Waals surface area contributed by atoms with Crippen molar-refractivity contribution in [3.8, 4) is 5.75 Å². The monoisotopic (exact) mass is 266 g/mol. The van der Waals surface area contributed by atoms with E-state index in [-0.39, 0.29) is 17.5 Å². The Morgan fingerprint density at radius 3 is 3.00 bits per heavy atom. The minimum Gasteiger partial charge on any atom is -0.487 e. The molecule has 0 spiro atoms. The second-order valence-electron chi connectivity index (χ2n) is 4.58. The third-order valence-corrected chi connectivity index (χ3v) is 3.20. The number of nitro benzene ring substituents is 1. The van der Waals surface area contributed by atoms with E-state index in [9.17, 15) is 15.2 Å². The lowest BCUT2D eigenvalue weighted by atomic mass is 10.1. The molecular weight excluding hydrogens is 248 g/mol. The molecule has 0 amide bonds. The van der Waals surface area contributed by atoms with E-state index < -0.39 is 4.92 Å². The summed E-state index contributed by atoms with van der Waals surface area (Å²) < 4.78 is 5.33. The lowest BCUT2D eigenvalue weighted by Gasteiger charge is -2.32. The molecule has 1 aliphatic heterocycles. The maximum Gasteiger partial charge on any atom is 0.311 e. The number of anilines is 1. The number of aliphatic hydroxyl groups is 1. The molecule has 0 bridgehead atoms.